The second-order valence-corrected chi connectivity index (χ2v) is 7.81. The first-order valence-electron chi connectivity index (χ1n) is 10.6. The molecule has 1 aromatic heterocycles. The molecule has 1 aliphatic carbocycles. The highest BCUT2D eigenvalue weighted by Gasteiger charge is 2.15. The van der Waals surface area contributed by atoms with Gasteiger partial charge in [-0.25, -0.2) is 4.98 Å². The van der Waals surface area contributed by atoms with E-state index in [0.717, 1.165) is 62.2 Å². The first-order valence-corrected chi connectivity index (χ1v) is 10.6. The van der Waals surface area contributed by atoms with E-state index in [1.165, 1.54) is 31.5 Å². The van der Waals surface area contributed by atoms with Crippen molar-refractivity contribution < 1.29 is 4.74 Å². The van der Waals surface area contributed by atoms with Crippen molar-refractivity contribution in [3.63, 3.8) is 0 Å². The average Bonchev–Trinajstić information content (AvgIpc) is 3.21. The van der Waals surface area contributed by atoms with Gasteiger partial charge in [0.2, 0.25) is 5.95 Å². The van der Waals surface area contributed by atoms with Gasteiger partial charge in [0.1, 0.15) is 5.75 Å². The van der Waals surface area contributed by atoms with Gasteiger partial charge in [-0.1, -0.05) is 12.1 Å². The van der Waals surface area contributed by atoms with Crippen LogP contribution >= 0.6 is 0 Å². The molecule has 1 saturated heterocycles. The minimum atomic E-state index is 0.0123. The Hall–Kier alpha value is -2.34. The van der Waals surface area contributed by atoms with Crippen LogP contribution in [0.25, 0.3) is 0 Å². The van der Waals surface area contributed by atoms with Crippen LogP contribution in [0.3, 0.4) is 0 Å². The van der Waals surface area contributed by atoms with Gasteiger partial charge in [0.15, 0.2) is 0 Å². The van der Waals surface area contributed by atoms with Crippen LogP contribution in [0, 0.1) is 0 Å². The third-order valence-corrected chi connectivity index (χ3v) is 5.58. The van der Waals surface area contributed by atoms with Crippen LogP contribution in [0.4, 0.5) is 5.95 Å². The monoisotopic (exact) mass is 382 g/mol. The maximum absolute atomic E-state index is 12.2. The molecule has 28 heavy (non-hydrogen) atoms. The third kappa shape index (κ3) is 4.93. The summed E-state index contributed by atoms with van der Waals surface area (Å²) in [6.07, 6.45) is 7.43. The molecule has 0 atom stereocenters. The maximum Gasteiger partial charge on any atom is 0.255 e. The standard InChI is InChI=1S/C22H30N4O2/c27-21-19-9-1-2-10-20(19)24-22(25-21)23-11-6-14-28-18-8-5-7-17(15-18)16-26-12-3-4-13-26/h5,7-8,15H,1-4,6,9-14,16H2,(H2,23,24,25,27). The van der Waals surface area contributed by atoms with E-state index >= 15 is 0 Å². The fraction of sp³-hybridized carbons (Fsp3) is 0.545. The SMILES string of the molecule is O=c1[nH]c(NCCCOc2cccc(CN3CCCC3)c2)nc2c1CCCC2. The molecule has 2 heterocycles. The molecule has 2 aliphatic rings. The number of nitrogens with zero attached hydrogens (tertiary/aromatic N) is 2. The molecule has 1 aromatic carbocycles. The van der Waals surface area contributed by atoms with Crippen LogP contribution in [0.5, 0.6) is 5.75 Å². The van der Waals surface area contributed by atoms with E-state index in [9.17, 15) is 4.79 Å². The Morgan fingerprint density at radius 3 is 2.89 bits per heavy atom. The number of aryl methyl sites for hydroxylation is 1. The molecule has 0 spiro atoms. The summed E-state index contributed by atoms with van der Waals surface area (Å²) < 4.78 is 5.91. The third-order valence-electron chi connectivity index (χ3n) is 5.58. The fourth-order valence-corrected chi connectivity index (χ4v) is 4.09. The summed E-state index contributed by atoms with van der Waals surface area (Å²) in [6.45, 7) is 4.77. The molecular weight excluding hydrogens is 352 g/mol. The Morgan fingerprint density at radius 2 is 2.00 bits per heavy atom. The highest BCUT2D eigenvalue weighted by Crippen LogP contribution is 2.18. The summed E-state index contributed by atoms with van der Waals surface area (Å²) in [5.74, 6) is 1.51. The van der Waals surface area contributed by atoms with Gasteiger partial charge in [-0.2, -0.15) is 0 Å². The minimum Gasteiger partial charge on any atom is -0.494 e. The molecule has 1 aliphatic heterocycles. The largest absolute Gasteiger partial charge is 0.494 e. The van der Waals surface area contributed by atoms with Gasteiger partial charge in [0.05, 0.1) is 12.3 Å². The Labute approximate surface area is 166 Å². The predicted octanol–water partition coefficient (Wildman–Crippen LogP) is 3.13. The summed E-state index contributed by atoms with van der Waals surface area (Å²) in [5, 5.41) is 3.23. The zero-order chi connectivity index (χ0) is 19.2. The zero-order valence-electron chi connectivity index (χ0n) is 16.5. The average molecular weight is 383 g/mol. The summed E-state index contributed by atoms with van der Waals surface area (Å²) in [6, 6.07) is 8.41. The molecule has 0 amide bonds. The van der Waals surface area contributed by atoms with Gasteiger partial charge in [-0.05, 0) is 75.7 Å². The van der Waals surface area contributed by atoms with Crippen molar-refractivity contribution in [3.8, 4) is 5.75 Å². The number of ether oxygens (including phenoxy) is 1. The van der Waals surface area contributed by atoms with Crippen molar-refractivity contribution in [1.82, 2.24) is 14.9 Å². The first kappa shape index (κ1) is 19.0. The molecular formula is C22H30N4O2. The van der Waals surface area contributed by atoms with Crippen LogP contribution in [0.2, 0.25) is 0 Å². The molecule has 1 fully saturated rings. The minimum absolute atomic E-state index is 0.0123. The Morgan fingerprint density at radius 1 is 1.14 bits per heavy atom. The lowest BCUT2D eigenvalue weighted by atomic mass is 9.97. The number of hydrogen-bond donors (Lipinski definition) is 2. The molecule has 0 saturated carbocycles. The van der Waals surface area contributed by atoms with Gasteiger partial charge < -0.3 is 10.1 Å². The predicted molar refractivity (Wildman–Crippen MR) is 111 cm³/mol. The second kappa shape index (κ2) is 9.24. The molecule has 0 unspecified atom stereocenters. The fourth-order valence-electron chi connectivity index (χ4n) is 4.09. The van der Waals surface area contributed by atoms with Crippen LogP contribution in [0.15, 0.2) is 29.1 Å². The summed E-state index contributed by atoms with van der Waals surface area (Å²) in [4.78, 5) is 22.1. The van der Waals surface area contributed by atoms with Gasteiger partial charge in [-0.3, -0.25) is 14.7 Å². The van der Waals surface area contributed by atoms with E-state index in [1.807, 2.05) is 6.07 Å². The van der Waals surface area contributed by atoms with Crippen molar-refractivity contribution in [2.45, 2.75) is 51.5 Å². The number of anilines is 1. The molecule has 150 valence electrons. The Kier molecular flexibility index (Phi) is 6.27. The van der Waals surface area contributed by atoms with Crippen LogP contribution < -0.4 is 15.6 Å². The highest BCUT2D eigenvalue weighted by molar-refractivity contribution is 5.31. The van der Waals surface area contributed by atoms with E-state index in [2.05, 4.69) is 38.4 Å². The molecule has 2 N–H and O–H groups in total. The van der Waals surface area contributed by atoms with Crippen molar-refractivity contribution in [2.24, 2.45) is 0 Å². The molecule has 2 aromatic rings. The number of nitrogens with one attached hydrogen (secondary N) is 2. The van der Waals surface area contributed by atoms with Gasteiger partial charge in [0, 0.05) is 18.7 Å². The number of likely N-dealkylation sites (tertiary alicyclic amines) is 1. The van der Waals surface area contributed by atoms with E-state index in [-0.39, 0.29) is 5.56 Å². The lowest BCUT2D eigenvalue weighted by molar-refractivity contribution is 0.310. The quantitative estimate of drug-likeness (QED) is 0.687. The summed E-state index contributed by atoms with van der Waals surface area (Å²) in [5.41, 5.74) is 3.16. The molecule has 0 radical (unpaired) electrons. The summed E-state index contributed by atoms with van der Waals surface area (Å²) >= 11 is 0. The van der Waals surface area contributed by atoms with Crippen molar-refractivity contribution in [2.75, 3.05) is 31.6 Å². The number of aromatic amines is 1. The van der Waals surface area contributed by atoms with Gasteiger partial charge in [0.25, 0.3) is 5.56 Å². The smallest absolute Gasteiger partial charge is 0.255 e. The molecule has 6 nitrogen and oxygen atoms in total. The molecule has 0 bridgehead atoms. The van der Waals surface area contributed by atoms with Gasteiger partial charge in [-0.15, -0.1) is 0 Å². The van der Waals surface area contributed by atoms with E-state index in [1.54, 1.807) is 0 Å². The van der Waals surface area contributed by atoms with Crippen LogP contribution in [-0.2, 0) is 19.4 Å². The van der Waals surface area contributed by atoms with Crippen molar-refractivity contribution in [3.05, 3.63) is 51.4 Å². The first-order chi connectivity index (χ1) is 13.8. The number of hydrogen-bond acceptors (Lipinski definition) is 5. The topological polar surface area (TPSA) is 70.2 Å². The maximum atomic E-state index is 12.2. The van der Waals surface area contributed by atoms with Crippen molar-refractivity contribution in [1.29, 1.82) is 0 Å². The number of fused-ring (bicyclic) bond motifs is 1. The lowest BCUT2D eigenvalue weighted by Crippen LogP contribution is -2.23. The highest BCUT2D eigenvalue weighted by atomic mass is 16.5. The summed E-state index contributed by atoms with van der Waals surface area (Å²) in [7, 11) is 0. The van der Waals surface area contributed by atoms with E-state index in [0.29, 0.717) is 12.6 Å². The lowest BCUT2D eigenvalue weighted by Gasteiger charge is -2.16. The zero-order valence-corrected chi connectivity index (χ0v) is 16.5. The number of benzene rings is 1. The second-order valence-electron chi connectivity index (χ2n) is 7.81. The number of rotatable bonds is 8. The van der Waals surface area contributed by atoms with E-state index in [4.69, 9.17) is 4.74 Å². The van der Waals surface area contributed by atoms with Crippen molar-refractivity contribution >= 4 is 5.95 Å². The van der Waals surface area contributed by atoms with Crippen LogP contribution in [0.1, 0.15) is 48.9 Å². The number of aromatic nitrogens is 2. The van der Waals surface area contributed by atoms with Crippen LogP contribution in [-0.4, -0.2) is 41.1 Å². The molecule has 6 heteroatoms. The number of H-pyrrole nitrogens is 1. The normalized spacial score (nSPS) is 16.7. The van der Waals surface area contributed by atoms with Gasteiger partial charge >= 0.3 is 0 Å². The van der Waals surface area contributed by atoms with E-state index < -0.39 is 0 Å². The Balaban J connectivity index is 1.22. The Bertz CT molecular complexity index is 843. The molecule has 4 rings (SSSR count).